The van der Waals surface area contributed by atoms with Gasteiger partial charge in [0.05, 0.1) is 0 Å². The molecule has 0 amide bonds. The van der Waals surface area contributed by atoms with Crippen LogP contribution in [0.2, 0.25) is 0 Å². The van der Waals surface area contributed by atoms with E-state index in [0.717, 1.165) is 0 Å². The third-order valence-electron chi connectivity index (χ3n) is 3.25. The highest BCUT2D eigenvalue weighted by Gasteiger charge is 2.42. The quantitative estimate of drug-likeness (QED) is 0.225. The zero-order valence-electron chi connectivity index (χ0n) is 14.9. The topological polar surface area (TPSA) is 148 Å². The van der Waals surface area contributed by atoms with Gasteiger partial charge in [0.15, 0.2) is 0 Å². The number of nitrogens with two attached hydrogens (primary N) is 1. The molecule has 148 valence electrons. The van der Waals surface area contributed by atoms with Gasteiger partial charge < -0.3 is 14.2 Å². The molecule has 2 N–H and O–H groups in total. The van der Waals surface area contributed by atoms with Crippen LogP contribution in [0.4, 0.5) is 0 Å². The van der Waals surface area contributed by atoms with E-state index in [2.05, 4.69) is 28.1 Å². The third kappa shape index (κ3) is 7.33. The lowest BCUT2D eigenvalue weighted by atomic mass is 9.87. The van der Waals surface area contributed by atoms with Gasteiger partial charge in [0.1, 0.15) is 18.6 Å². The normalized spacial score (nSPS) is 11.4. The fourth-order valence-corrected chi connectivity index (χ4v) is 1.78. The number of carbonyl (C=O) groups is 3. The van der Waals surface area contributed by atoms with Crippen LogP contribution in [-0.2, 0) is 43.0 Å². The summed E-state index contributed by atoms with van der Waals surface area (Å²) >= 11 is 0. The minimum Gasteiger partial charge on any atom is -0.461 e. The summed E-state index contributed by atoms with van der Waals surface area (Å²) in [5, 5.41) is 0. The van der Waals surface area contributed by atoms with Crippen LogP contribution in [0.25, 0.3) is 0 Å². The molecular weight excluding hydrogens is 370 g/mol. The molecule has 0 radical (unpaired) electrons. The number of carbonyl (C=O) groups excluding carboxylic acids is 3. The van der Waals surface area contributed by atoms with Gasteiger partial charge in [-0.3, -0.25) is 4.79 Å². The maximum absolute atomic E-state index is 12.4. The summed E-state index contributed by atoms with van der Waals surface area (Å²) in [6.45, 7) is 10.1. The first kappa shape index (κ1) is 23.8. The molecule has 0 bridgehead atoms. The second-order valence-electron chi connectivity index (χ2n) is 5.55. The van der Waals surface area contributed by atoms with Crippen molar-refractivity contribution >= 4 is 28.0 Å². The Morgan fingerprint density at radius 3 is 1.69 bits per heavy atom. The summed E-state index contributed by atoms with van der Waals surface area (Å²) in [6, 6.07) is 0. The van der Waals surface area contributed by atoms with E-state index in [0.29, 0.717) is 0 Å². The molecule has 10 nitrogen and oxygen atoms in total. The molecule has 26 heavy (non-hydrogen) atoms. The molecule has 0 aromatic rings. The first-order valence-corrected chi connectivity index (χ1v) is 8.92. The second kappa shape index (κ2) is 10.0. The van der Waals surface area contributed by atoms with Gasteiger partial charge in [-0.25, -0.2) is 9.59 Å². The second-order valence-corrected chi connectivity index (χ2v) is 7.09. The van der Waals surface area contributed by atoms with Crippen molar-refractivity contribution < 1.29 is 41.3 Å². The molecule has 0 aromatic heterocycles. The van der Waals surface area contributed by atoms with Crippen LogP contribution < -0.4 is 5.90 Å². The van der Waals surface area contributed by atoms with E-state index in [4.69, 9.17) is 9.47 Å². The summed E-state index contributed by atoms with van der Waals surface area (Å²) in [7, 11) is -4.28. The largest absolute Gasteiger partial charge is 0.461 e. The van der Waals surface area contributed by atoms with E-state index >= 15 is 0 Å². The zero-order chi connectivity index (χ0) is 20.5. The van der Waals surface area contributed by atoms with Crippen molar-refractivity contribution in [3.05, 3.63) is 24.3 Å². The van der Waals surface area contributed by atoms with E-state index < -0.39 is 52.6 Å². The Hall–Kier alpha value is -2.24. The van der Waals surface area contributed by atoms with E-state index in [1.54, 1.807) is 6.92 Å². The predicted octanol–water partition coefficient (Wildman–Crippen LogP) is 0.342. The molecule has 0 atom stereocenters. The minimum atomic E-state index is -4.28. The summed E-state index contributed by atoms with van der Waals surface area (Å²) in [6.07, 6.45) is 0.00229. The van der Waals surface area contributed by atoms with Crippen LogP contribution in [0.5, 0.6) is 0 Å². The smallest absolute Gasteiger partial charge is 0.333 e. The van der Waals surface area contributed by atoms with E-state index in [1.807, 2.05) is 0 Å². The van der Waals surface area contributed by atoms with Gasteiger partial charge in [-0.05, 0) is 20.3 Å². The summed E-state index contributed by atoms with van der Waals surface area (Å²) in [4.78, 5) is 35.6. The molecule has 0 rings (SSSR count). The van der Waals surface area contributed by atoms with Gasteiger partial charge in [0.25, 0.3) is 0 Å². The summed E-state index contributed by atoms with van der Waals surface area (Å²) in [5.41, 5.74) is -1.47. The summed E-state index contributed by atoms with van der Waals surface area (Å²) < 4.78 is 40.7. The fourth-order valence-electron chi connectivity index (χ4n) is 1.47. The van der Waals surface area contributed by atoms with Crippen LogP contribution in [0.3, 0.4) is 0 Å². The van der Waals surface area contributed by atoms with Crippen LogP contribution in [-0.4, -0.2) is 45.5 Å². The van der Waals surface area contributed by atoms with Gasteiger partial charge in [0, 0.05) is 11.1 Å². The van der Waals surface area contributed by atoms with Crippen molar-refractivity contribution in [3.8, 4) is 0 Å². The van der Waals surface area contributed by atoms with Crippen molar-refractivity contribution in [2.24, 2.45) is 11.3 Å². The number of hydrogen-bond acceptors (Lipinski definition) is 10. The summed E-state index contributed by atoms with van der Waals surface area (Å²) in [5.74, 6) is 0.765. The van der Waals surface area contributed by atoms with Gasteiger partial charge in [0.2, 0.25) is 5.94 Å². The Balaban J connectivity index is 5.41. The number of ether oxygens (including phenoxy) is 3. The Kier molecular flexibility index (Phi) is 9.18. The molecule has 0 saturated carbocycles. The highest BCUT2D eigenvalue weighted by atomic mass is 32.2. The average Bonchev–Trinajstić information content (AvgIpc) is 2.59. The average molecular weight is 393 g/mol. The van der Waals surface area contributed by atoms with Crippen LogP contribution in [0.15, 0.2) is 24.3 Å². The maximum atomic E-state index is 12.4. The fraction of sp³-hybridized carbons (Fsp3) is 0.533. The van der Waals surface area contributed by atoms with E-state index in [-0.39, 0.29) is 17.6 Å². The molecule has 0 fully saturated rings. The van der Waals surface area contributed by atoms with Gasteiger partial charge in [-0.1, -0.05) is 20.1 Å². The van der Waals surface area contributed by atoms with Gasteiger partial charge in [-0.2, -0.15) is 18.6 Å². The molecule has 0 heterocycles. The van der Waals surface area contributed by atoms with E-state index in [1.165, 1.54) is 13.8 Å². The van der Waals surface area contributed by atoms with E-state index in [9.17, 15) is 22.8 Å². The lowest BCUT2D eigenvalue weighted by molar-refractivity contribution is -0.169. The Morgan fingerprint density at radius 2 is 1.38 bits per heavy atom. The predicted molar refractivity (Wildman–Crippen MR) is 89.4 cm³/mol. The lowest BCUT2D eigenvalue weighted by Crippen LogP contribution is -2.43. The molecule has 11 heteroatoms. The molecule has 0 aromatic carbocycles. The van der Waals surface area contributed by atoms with Crippen LogP contribution in [0.1, 0.15) is 27.2 Å². The molecule has 0 aliphatic heterocycles. The molecule has 0 aliphatic carbocycles. The Labute approximate surface area is 152 Å². The maximum Gasteiger partial charge on any atom is 0.333 e. The molecule has 0 saturated heterocycles. The molecule has 0 aliphatic rings. The Morgan fingerprint density at radius 1 is 0.962 bits per heavy atom. The van der Waals surface area contributed by atoms with Gasteiger partial charge in [-0.15, -0.1) is 0 Å². The Bertz CT molecular complexity index is 651. The highest BCUT2D eigenvalue weighted by Crippen LogP contribution is 2.26. The standard InChI is InChI=1S/C15H23NO9S/c1-6-15(7-22-12(17)10(2)3,8-23-13(18)11(4)5)14(19)24-9-26(20,21)25-16/h2,4,6-9,16H2,1,3,5H3. The highest BCUT2D eigenvalue weighted by molar-refractivity contribution is 7.86. The lowest BCUT2D eigenvalue weighted by Gasteiger charge is -2.29. The van der Waals surface area contributed by atoms with Crippen molar-refractivity contribution in [2.45, 2.75) is 27.2 Å². The minimum absolute atomic E-state index is 0.00229. The zero-order valence-corrected chi connectivity index (χ0v) is 15.7. The third-order valence-corrected chi connectivity index (χ3v) is 3.95. The first-order valence-electron chi connectivity index (χ1n) is 7.34. The van der Waals surface area contributed by atoms with Crippen molar-refractivity contribution in [1.82, 2.24) is 0 Å². The van der Waals surface area contributed by atoms with Gasteiger partial charge >= 0.3 is 28.0 Å². The molecule has 0 unspecified atom stereocenters. The van der Waals surface area contributed by atoms with Crippen molar-refractivity contribution in [1.29, 1.82) is 0 Å². The number of esters is 3. The first-order chi connectivity index (χ1) is 11.9. The molecule has 0 spiro atoms. The SMILES string of the molecule is C=C(C)C(=O)OCC(CC)(COC(=O)C(=C)C)C(=O)OCS(=O)(=O)ON. The monoisotopic (exact) mass is 393 g/mol. The number of hydrogen-bond donors (Lipinski definition) is 1. The van der Waals surface area contributed by atoms with Crippen molar-refractivity contribution in [2.75, 3.05) is 19.2 Å². The van der Waals surface area contributed by atoms with Crippen LogP contribution >= 0.6 is 0 Å². The number of rotatable bonds is 11. The van der Waals surface area contributed by atoms with Crippen molar-refractivity contribution in [3.63, 3.8) is 0 Å². The molecular formula is C15H23NO9S. The van der Waals surface area contributed by atoms with Crippen LogP contribution in [0, 0.1) is 5.41 Å².